The summed E-state index contributed by atoms with van der Waals surface area (Å²) in [6.45, 7) is 4.71. The summed E-state index contributed by atoms with van der Waals surface area (Å²) in [7, 11) is 0. The van der Waals surface area contributed by atoms with Gasteiger partial charge < -0.3 is 14.2 Å². The van der Waals surface area contributed by atoms with Crippen LogP contribution in [0.4, 0.5) is 6.01 Å². The zero-order valence-electron chi connectivity index (χ0n) is 16.7. The van der Waals surface area contributed by atoms with Gasteiger partial charge in [0.15, 0.2) is 5.58 Å². The molecule has 152 valence electrons. The molecule has 8 nitrogen and oxygen atoms in total. The molecule has 1 aliphatic rings. The predicted octanol–water partition coefficient (Wildman–Crippen LogP) is 3.07. The lowest BCUT2D eigenvalue weighted by molar-refractivity contribution is 0.0766. The Labute approximate surface area is 173 Å². The number of anilines is 1. The first-order chi connectivity index (χ1) is 14.7. The normalized spacial score (nSPS) is 14.8. The third-order valence-corrected chi connectivity index (χ3v) is 5.35. The molecule has 0 bridgehead atoms. The minimum atomic E-state index is -0.00887. The van der Waals surface area contributed by atoms with Gasteiger partial charge in [0, 0.05) is 26.2 Å². The van der Waals surface area contributed by atoms with Crippen LogP contribution in [0.3, 0.4) is 0 Å². The Balaban J connectivity index is 1.37. The fraction of sp³-hybridized carbons (Fsp3) is 0.273. The van der Waals surface area contributed by atoms with Crippen LogP contribution in [-0.4, -0.2) is 57.0 Å². The number of rotatable bonds is 3. The van der Waals surface area contributed by atoms with Gasteiger partial charge in [0.1, 0.15) is 5.52 Å². The van der Waals surface area contributed by atoms with Gasteiger partial charge in [-0.1, -0.05) is 23.8 Å². The molecule has 5 rings (SSSR count). The Morgan fingerprint density at radius 1 is 1.00 bits per heavy atom. The first-order valence-electron chi connectivity index (χ1n) is 10.1. The van der Waals surface area contributed by atoms with Crippen molar-refractivity contribution in [2.24, 2.45) is 0 Å². The van der Waals surface area contributed by atoms with E-state index in [1.165, 1.54) is 4.80 Å². The van der Waals surface area contributed by atoms with E-state index in [1.807, 2.05) is 54.3 Å². The van der Waals surface area contributed by atoms with Crippen LogP contribution >= 0.6 is 0 Å². The zero-order chi connectivity index (χ0) is 20.5. The predicted molar refractivity (Wildman–Crippen MR) is 113 cm³/mol. The van der Waals surface area contributed by atoms with Gasteiger partial charge in [-0.25, -0.2) is 0 Å². The highest BCUT2D eigenvalue weighted by Gasteiger charge is 2.25. The Morgan fingerprint density at radius 2 is 1.83 bits per heavy atom. The quantitative estimate of drug-likeness (QED) is 0.524. The van der Waals surface area contributed by atoms with Crippen LogP contribution in [0.5, 0.6) is 0 Å². The maximum absolute atomic E-state index is 13.4. The number of oxazole rings is 1. The van der Waals surface area contributed by atoms with Gasteiger partial charge in [0.05, 0.1) is 23.6 Å². The number of fused-ring (bicyclic) bond motifs is 1. The molecular formula is C22H22N6O2. The number of amides is 1. The fourth-order valence-electron chi connectivity index (χ4n) is 3.81. The maximum atomic E-state index is 13.4. The summed E-state index contributed by atoms with van der Waals surface area (Å²) in [5, 5.41) is 8.40. The van der Waals surface area contributed by atoms with Crippen molar-refractivity contribution in [3.63, 3.8) is 0 Å². The molecule has 2 aromatic carbocycles. The summed E-state index contributed by atoms with van der Waals surface area (Å²) in [6.07, 6.45) is 4.06. The summed E-state index contributed by atoms with van der Waals surface area (Å²) < 4.78 is 5.92. The minimum Gasteiger partial charge on any atom is -0.423 e. The van der Waals surface area contributed by atoms with E-state index >= 15 is 0 Å². The van der Waals surface area contributed by atoms with Gasteiger partial charge in [0.2, 0.25) is 0 Å². The third kappa shape index (κ3) is 3.41. The second-order valence-electron chi connectivity index (χ2n) is 7.44. The van der Waals surface area contributed by atoms with Crippen LogP contribution in [0.25, 0.3) is 16.8 Å². The zero-order valence-corrected chi connectivity index (χ0v) is 16.7. The molecule has 2 aromatic heterocycles. The SMILES string of the molecule is Cc1ccc(-n2nccn2)c(C(=O)N2CCCN(c3nc4ccccc4o3)CC2)c1. The summed E-state index contributed by atoms with van der Waals surface area (Å²) in [6, 6.07) is 14.1. The molecule has 0 radical (unpaired) electrons. The summed E-state index contributed by atoms with van der Waals surface area (Å²) >= 11 is 0. The van der Waals surface area contributed by atoms with E-state index in [0.717, 1.165) is 29.6 Å². The Morgan fingerprint density at radius 3 is 2.67 bits per heavy atom. The molecule has 1 saturated heterocycles. The Hall–Kier alpha value is -3.68. The van der Waals surface area contributed by atoms with Crippen molar-refractivity contribution in [2.75, 3.05) is 31.1 Å². The number of benzene rings is 2. The van der Waals surface area contributed by atoms with Crippen molar-refractivity contribution < 1.29 is 9.21 Å². The van der Waals surface area contributed by atoms with Gasteiger partial charge in [-0.2, -0.15) is 20.0 Å². The van der Waals surface area contributed by atoms with E-state index in [4.69, 9.17) is 4.42 Å². The van der Waals surface area contributed by atoms with Gasteiger partial charge in [0.25, 0.3) is 11.9 Å². The first kappa shape index (κ1) is 18.4. The van der Waals surface area contributed by atoms with Crippen LogP contribution in [0.15, 0.2) is 59.3 Å². The number of aromatic nitrogens is 4. The smallest absolute Gasteiger partial charge is 0.298 e. The highest BCUT2D eigenvalue weighted by atomic mass is 16.4. The van der Waals surface area contributed by atoms with Gasteiger partial charge in [-0.05, 0) is 37.6 Å². The second-order valence-corrected chi connectivity index (χ2v) is 7.44. The lowest BCUT2D eigenvalue weighted by atomic mass is 10.1. The molecule has 4 aromatic rings. The van der Waals surface area contributed by atoms with E-state index in [0.29, 0.717) is 36.9 Å². The summed E-state index contributed by atoms with van der Waals surface area (Å²) in [5.74, 6) is -0.00887. The van der Waals surface area contributed by atoms with E-state index in [1.54, 1.807) is 12.4 Å². The molecule has 0 aliphatic carbocycles. The number of para-hydroxylation sites is 2. The minimum absolute atomic E-state index is 0.00887. The molecule has 1 aliphatic heterocycles. The number of aryl methyl sites for hydroxylation is 1. The largest absolute Gasteiger partial charge is 0.423 e. The molecule has 3 heterocycles. The lowest BCUT2D eigenvalue weighted by Crippen LogP contribution is -2.36. The van der Waals surface area contributed by atoms with E-state index in [2.05, 4.69) is 20.1 Å². The molecule has 0 saturated carbocycles. The third-order valence-electron chi connectivity index (χ3n) is 5.35. The topological polar surface area (TPSA) is 80.3 Å². The van der Waals surface area contributed by atoms with E-state index in [-0.39, 0.29) is 5.91 Å². The van der Waals surface area contributed by atoms with Crippen molar-refractivity contribution in [2.45, 2.75) is 13.3 Å². The van der Waals surface area contributed by atoms with Crippen LogP contribution in [0.2, 0.25) is 0 Å². The standard InChI is InChI=1S/C22H22N6O2/c1-16-7-8-19(28-23-9-10-24-28)17(15-16)21(29)26-11-4-12-27(14-13-26)22-25-18-5-2-3-6-20(18)30-22/h2-3,5-10,15H,4,11-14H2,1H3. The van der Waals surface area contributed by atoms with Crippen molar-refractivity contribution in [3.05, 3.63) is 66.0 Å². The number of carbonyl (C=O) groups is 1. The van der Waals surface area contributed by atoms with E-state index in [9.17, 15) is 4.79 Å². The van der Waals surface area contributed by atoms with Crippen molar-refractivity contribution >= 4 is 23.0 Å². The number of nitrogens with zero attached hydrogens (tertiary/aromatic N) is 6. The second kappa shape index (κ2) is 7.62. The number of hydrogen-bond acceptors (Lipinski definition) is 6. The summed E-state index contributed by atoms with van der Waals surface area (Å²) in [5.41, 5.74) is 3.95. The van der Waals surface area contributed by atoms with Crippen LogP contribution in [0, 0.1) is 6.92 Å². The first-order valence-corrected chi connectivity index (χ1v) is 10.1. The average Bonchev–Trinajstić information content (AvgIpc) is 3.38. The Kier molecular flexibility index (Phi) is 4.66. The van der Waals surface area contributed by atoms with Crippen molar-refractivity contribution in [3.8, 4) is 5.69 Å². The monoisotopic (exact) mass is 402 g/mol. The van der Waals surface area contributed by atoms with Crippen LogP contribution < -0.4 is 4.90 Å². The van der Waals surface area contributed by atoms with Gasteiger partial charge in [-0.3, -0.25) is 4.79 Å². The fourth-order valence-corrected chi connectivity index (χ4v) is 3.81. The molecule has 0 N–H and O–H groups in total. The number of carbonyl (C=O) groups excluding carboxylic acids is 1. The summed E-state index contributed by atoms with van der Waals surface area (Å²) in [4.78, 5) is 23.5. The lowest BCUT2D eigenvalue weighted by Gasteiger charge is -2.22. The average molecular weight is 402 g/mol. The van der Waals surface area contributed by atoms with E-state index < -0.39 is 0 Å². The highest BCUT2D eigenvalue weighted by Crippen LogP contribution is 2.24. The molecule has 8 heteroatoms. The van der Waals surface area contributed by atoms with Crippen LogP contribution in [-0.2, 0) is 0 Å². The molecule has 1 fully saturated rings. The van der Waals surface area contributed by atoms with Gasteiger partial charge in [-0.15, -0.1) is 0 Å². The molecule has 0 unspecified atom stereocenters. The van der Waals surface area contributed by atoms with Crippen LogP contribution in [0.1, 0.15) is 22.3 Å². The molecule has 1 amide bonds. The maximum Gasteiger partial charge on any atom is 0.298 e. The van der Waals surface area contributed by atoms with Crippen molar-refractivity contribution in [1.29, 1.82) is 0 Å². The highest BCUT2D eigenvalue weighted by molar-refractivity contribution is 5.98. The van der Waals surface area contributed by atoms with Gasteiger partial charge >= 0.3 is 0 Å². The number of hydrogen-bond donors (Lipinski definition) is 0. The molecule has 0 atom stereocenters. The Bertz CT molecular complexity index is 1150. The molecule has 0 spiro atoms. The molecular weight excluding hydrogens is 380 g/mol. The van der Waals surface area contributed by atoms with Crippen molar-refractivity contribution in [1.82, 2.24) is 24.9 Å². The molecule has 30 heavy (non-hydrogen) atoms.